The predicted molar refractivity (Wildman–Crippen MR) is 290 cm³/mol. The monoisotopic (exact) mass is 1330 g/mol. The Hall–Kier alpha value is -4.35. The zero-order valence-corrected chi connectivity index (χ0v) is 54.6. The number of hydrogen-bond donors (Lipinski definition) is 3. The summed E-state index contributed by atoms with van der Waals surface area (Å²) >= 11 is 0. The molecule has 30 heteroatoms. The minimum Gasteiger partial charge on any atom is -0.462 e. The first-order valence-electron chi connectivity index (χ1n) is 28.8. The number of hydrogen-bond acceptors (Lipinski definition) is 15. The van der Waals surface area contributed by atoms with Crippen LogP contribution in [-0.2, 0) is 57.2 Å². The van der Waals surface area contributed by atoms with Gasteiger partial charge in [-0.1, -0.05) is 41.5 Å². The third kappa shape index (κ3) is 20.3. The van der Waals surface area contributed by atoms with Gasteiger partial charge in [0.15, 0.2) is 16.8 Å². The van der Waals surface area contributed by atoms with E-state index in [0.29, 0.717) is 66.7 Å². The van der Waals surface area contributed by atoms with Gasteiger partial charge in [-0.05, 0) is 153 Å². The lowest BCUT2D eigenvalue weighted by atomic mass is 9.50. The zero-order chi connectivity index (χ0) is 71.4. The summed E-state index contributed by atoms with van der Waals surface area (Å²) in [6.45, 7) is 27.8. The van der Waals surface area contributed by atoms with Crippen molar-refractivity contribution in [3.8, 4) is 0 Å². The summed E-state index contributed by atoms with van der Waals surface area (Å²) in [7, 11) is 0. The second-order valence-corrected chi connectivity index (χ2v) is 27.9. The standard InChI is InChI=1S/C20H30O6.C15H27F3O3.2C12H18F6O3/c1-6-17(4,5)16(23)26-20-9-15-7-18(11-20,24-13(2)21)10-19(8-15,12-20)25-14(3)22;1-7-13(4,5)12(19)21-11(8-10(2)3)9-14(6,20)15(16,17)18;2*1-6-8(2,3)7(19)21-9(4,5)10(20,11(13,14)15)12(16,17)18/h15H,6-12H2,1-5H3;10-11,20H,7-9H2,1-6H3;2*20H,6H2,1-5H3. The molecule has 4 rings (SSSR count). The van der Waals surface area contributed by atoms with Crippen molar-refractivity contribution in [3.05, 3.63) is 0 Å². The lowest BCUT2D eigenvalue weighted by molar-refractivity contribution is -0.408. The maximum Gasteiger partial charge on any atom is 0.430 e. The minimum atomic E-state index is -6.06. The van der Waals surface area contributed by atoms with E-state index in [1.165, 1.54) is 55.4 Å². The Morgan fingerprint density at radius 2 is 0.685 bits per heavy atom. The highest BCUT2D eigenvalue weighted by Gasteiger charge is 2.80. The van der Waals surface area contributed by atoms with Gasteiger partial charge in [-0.2, -0.15) is 65.9 Å². The molecule has 0 aromatic carbocycles. The molecule has 4 aliphatic rings. The summed E-state index contributed by atoms with van der Waals surface area (Å²) in [4.78, 5) is 71.8. The van der Waals surface area contributed by atoms with E-state index in [1.807, 2.05) is 41.5 Å². The van der Waals surface area contributed by atoms with Crippen molar-refractivity contribution in [2.24, 2.45) is 33.5 Å². The van der Waals surface area contributed by atoms with Crippen LogP contribution in [-0.4, -0.2) is 133 Å². The van der Waals surface area contributed by atoms with Gasteiger partial charge in [0.25, 0.3) is 11.2 Å². The molecule has 0 aromatic rings. The van der Waals surface area contributed by atoms with Crippen molar-refractivity contribution in [2.75, 3.05) is 0 Å². The molecule has 0 aliphatic heterocycles. The molecular weight excluding hydrogens is 1230 g/mol. The Bertz CT molecular complexity index is 2300. The van der Waals surface area contributed by atoms with Crippen LogP contribution in [0.2, 0.25) is 0 Å². The third-order valence-electron chi connectivity index (χ3n) is 17.0. The largest absolute Gasteiger partial charge is 0.462 e. The van der Waals surface area contributed by atoms with E-state index in [-0.39, 0.29) is 49.0 Å². The number of esters is 6. The molecule has 524 valence electrons. The van der Waals surface area contributed by atoms with Gasteiger partial charge in [0.1, 0.15) is 22.9 Å². The lowest BCUT2D eigenvalue weighted by Gasteiger charge is -2.63. The summed E-state index contributed by atoms with van der Waals surface area (Å²) in [6, 6.07) is 0. The van der Waals surface area contributed by atoms with Crippen molar-refractivity contribution in [3.63, 3.8) is 0 Å². The Morgan fingerprint density at radius 1 is 0.427 bits per heavy atom. The third-order valence-corrected chi connectivity index (χ3v) is 17.0. The highest BCUT2D eigenvalue weighted by Crippen LogP contribution is 2.63. The summed E-state index contributed by atoms with van der Waals surface area (Å²) in [6.07, 6.45) is -25.2. The quantitative estimate of drug-likeness (QED) is 0.0586. The van der Waals surface area contributed by atoms with E-state index in [1.54, 1.807) is 13.8 Å². The number of aliphatic hydroxyl groups is 3. The summed E-state index contributed by atoms with van der Waals surface area (Å²) in [5.74, 6) is -3.73. The molecule has 0 amide bonds. The van der Waals surface area contributed by atoms with Gasteiger partial charge in [0, 0.05) is 39.5 Å². The lowest BCUT2D eigenvalue weighted by Crippen LogP contribution is -2.70. The predicted octanol–water partition coefficient (Wildman–Crippen LogP) is 14.6. The second kappa shape index (κ2) is 28.1. The summed E-state index contributed by atoms with van der Waals surface area (Å²) < 4.78 is 223. The number of ether oxygens (including phenoxy) is 6. The van der Waals surface area contributed by atoms with Crippen molar-refractivity contribution in [1.29, 1.82) is 0 Å². The average molecular weight is 1330 g/mol. The topological polar surface area (TPSA) is 218 Å². The normalized spacial score (nSPS) is 22.3. The van der Waals surface area contributed by atoms with Gasteiger partial charge in [-0.3, -0.25) is 28.8 Å². The van der Waals surface area contributed by atoms with E-state index < -0.39 is 128 Å². The minimum absolute atomic E-state index is 0.0524. The first-order chi connectivity index (χ1) is 39.0. The number of rotatable bonds is 20. The molecule has 4 unspecified atom stereocenters. The number of carbonyl (C=O) groups excluding carboxylic acids is 6. The van der Waals surface area contributed by atoms with E-state index in [9.17, 15) is 110 Å². The van der Waals surface area contributed by atoms with Crippen molar-refractivity contribution < 1.29 is 138 Å². The van der Waals surface area contributed by atoms with E-state index in [4.69, 9.17) is 18.9 Å². The first kappa shape index (κ1) is 84.7. The number of carbonyl (C=O) groups is 6. The Balaban J connectivity index is 0.00000117. The highest BCUT2D eigenvalue weighted by molar-refractivity contribution is 5.78. The summed E-state index contributed by atoms with van der Waals surface area (Å²) in [5.41, 5.74) is -25.7. The molecule has 0 aromatic heterocycles. The van der Waals surface area contributed by atoms with Crippen molar-refractivity contribution in [2.45, 2.75) is 304 Å². The fraction of sp³-hybridized carbons (Fsp3) is 0.898. The van der Waals surface area contributed by atoms with Crippen molar-refractivity contribution in [1.82, 2.24) is 0 Å². The van der Waals surface area contributed by atoms with E-state index in [2.05, 4.69) is 9.47 Å². The Morgan fingerprint density at radius 3 is 0.921 bits per heavy atom. The molecule has 15 nitrogen and oxygen atoms in total. The Labute approximate surface area is 510 Å². The van der Waals surface area contributed by atoms with Crippen molar-refractivity contribution >= 4 is 35.8 Å². The molecule has 4 bridgehead atoms. The SMILES string of the molecule is CCC(C)(C)C(=O)OC(C)(C)C(O)(C(F)(F)F)C(F)(F)F.CCC(C)(C)C(=O)OC(C)(C)C(O)(C(F)(F)F)C(F)(F)F.CCC(C)(C)C(=O)OC(CC(C)C)CC(C)(O)C(F)(F)F.CCC(C)(C)C(=O)OC12CC3CC(OC(C)=O)(CC(OC(C)=O)(C3)C1)C2. The van der Waals surface area contributed by atoms with Gasteiger partial charge in [-0.15, -0.1) is 0 Å². The fourth-order valence-electron chi connectivity index (χ4n) is 10.2. The number of alkyl halides is 15. The number of halogens is 15. The van der Waals surface area contributed by atoms with Gasteiger partial charge in [-0.25, -0.2) is 0 Å². The van der Waals surface area contributed by atoms with E-state index >= 15 is 0 Å². The molecule has 0 radical (unpaired) electrons. The van der Waals surface area contributed by atoms with Crippen LogP contribution in [0.3, 0.4) is 0 Å². The van der Waals surface area contributed by atoms with Crippen LogP contribution in [0.4, 0.5) is 65.9 Å². The smallest absolute Gasteiger partial charge is 0.430 e. The average Bonchev–Trinajstić information content (AvgIpc) is 0.749. The van der Waals surface area contributed by atoms with Crippen LogP contribution in [0.1, 0.15) is 222 Å². The van der Waals surface area contributed by atoms with Gasteiger partial charge in [0.05, 0.1) is 21.7 Å². The maximum absolute atomic E-state index is 12.8. The Kier molecular flexibility index (Phi) is 26.7. The van der Waals surface area contributed by atoms with E-state index in [0.717, 1.165) is 19.3 Å². The summed E-state index contributed by atoms with van der Waals surface area (Å²) in [5, 5.41) is 28.1. The van der Waals surface area contributed by atoms with Gasteiger partial charge >= 0.3 is 66.7 Å². The second-order valence-electron chi connectivity index (χ2n) is 27.9. The molecule has 4 atom stereocenters. The fourth-order valence-corrected chi connectivity index (χ4v) is 10.2. The molecule has 89 heavy (non-hydrogen) atoms. The van der Waals surface area contributed by atoms with Gasteiger partial charge < -0.3 is 43.7 Å². The zero-order valence-electron chi connectivity index (χ0n) is 54.6. The van der Waals surface area contributed by atoms with Gasteiger partial charge in [0.2, 0.25) is 0 Å². The van der Waals surface area contributed by atoms with Crippen LogP contribution in [0, 0.1) is 33.5 Å². The van der Waals surface area contributed by atoms with Crippen LogP contribution in [0.25, 0.3) is 0 Å². The molecule has 4 fully saturated rings. The van der Waals surface area contributed by atoms with Crippen LogP contribution in [0.15, 0.2) is 0 Å². The molecular formula is C59H93F15O15. The van der Waals surface area contributed by atoms with Crippen LogP contribution < -0.4 is 0 Å². The molecule has 0 saturated heterocycles. The molecule has 4 saturated carbocycles. The molecule has 4 aliphatic carbocycles. The molecule has 0 heterocycles. The maximum atomic E-state index is 12.8. The van der Waals surface area contributed by atoms with Crippen LogP contribution >= 0.6 is 0 Å². The first-order valence-corrected chi connectivity index (χ1v) is 28.8. The van der Waals surface area contributed by atoms with Crippen LogP contribution in [0.5, 0.6) is 0 Å². The molecule has 3 N–H and O–H groups in total. The highest BCUT2D eigenvalue weighted by atomic mass is 19.4. The molecule has 0 spiro atoms.